The summed E-state index contributed by atoms with van der Waals surface area (Å²) in [7, 11) is 0. The van der Waals surface area contributed by atoms with Gasteiger partial charge < -0.3 is 0 Å². The van der Waals surface area contributed by atoms with Crippen LogP contribution in [0.3, 0.4) is 0 Å². The van der Waals surface area contributed by atoms with Gasteiger partial charge in [0.25, 0.3) is 5.69 Å². The van der Waals surface area contributed by atoms with E-state index in [2.05, 4.69) is 15.5 Å². The lowest BCUT2D eigenvalue weighted by Crippen LogP contribution is -1.96. The Morgan fingerprint density at radius 2 is 2.00 bits per heavy atom. The van der Waals surface area contributed by atoms with Crippen molar-refractivity contribution in [2.45, 2.75) is 0 Å². The number of aromatic nitrogens is 1. The topological polar surface area (TPSA) is 80.4 Å². The molecule has 1 N–H and O–H groups in total. The van der Waals surface area contributed by atoms with Crippen molar-refractivity contribution in [3.63, 3.8) is 0 Å². The Hall–Kier alpha value is -1.89. The van der Waals surface area contributed by atoms with Gasteiger partial charge in [-0.05, 0) is 12.1 Å². The number of rotatable bonds is 4. The maximum absolute atomic E-state index is 10.7. The normalized spacial score (nSPS) is 10.8. The quantitative estimate of drug-likeness (QED) is 0.506. The summed E-state index contributed by atoms with van der Waals surface area (Å²) in [6.45, 7) is 0. The summed E-state index contributed by atoms with van der Waals surface area (Å²) in [6, 6.07) is 5.55. The molecular formula is C12H7Cl3N4O2. The lowest BCUT2D eigenvalue weighted by Gasteiger charge is -2.02. The predicted octanol–water partition coefficient (Wildman–Crippen LogP) is 4.40. The largest absolute Gasteiger partial charge is 0.270 e. The Kier molecular flexibility index (Phi) is 4.95. The average Bonchev–Trinajstić information content (AvgIpc) is 2.43. The number of nitro groups is 1. The summed E-state index contributed by atoms with van der Waals surface area (Å²) in [5.41, 5.74) is 2.92. The molecule has 9 heteroatoms. The average molecular weight is 346 g/mol. The van der Waals surface area contributed by atoms with Crippen LogP contribution >= 0.6 is 34.8 Å². The van der Waals surface area contributed by atoms with Gasteiger partial charge in [0.05, 0.1) is 21.2 Å². The molecule has 6 nitrogen and oxygen atoms in total. The Balaban J connectivity index is 2.17. The van der Waals surface area contributed by atoms with E-state index in [9.17, 15) is 10.1 Å². The molecule has 0 aliphatic rings. The maximum Gasteiger partial charge on any atom is 0.270 e. The number of hydrogen-bond acceptors (Lipinski definition) is 5. The predicted molar refractivity (Wildman–Crippen MR) is 83.6 cm³/mol. The Labute approximate surface area is 134 Å². The molecule has 1 aromatic heterocycles. The fraction of sp³-hybridized carbons (Fsp3) is 0. The highest BCUT2D eigenvalue weighted by Gasteiger charge is 2.08. The van der Waals surface area contributed by atoms with E-state index < -0.39 is 4.92 Å². The van der Waals surface area contributed by atoms with Crippen LogP contribution in [0, 0.1) is 10.1 Å². The molecule has 0 aliphatic heterocycles. The molecule has 0 unspecified atom stereocenters. The third kappa shape index (κ3) is 4.04. The molecule has 0 fully saturated rings. The minimum absolute atomic E-state index is 0.0801. The van der Waals surface area contributed by atoms with Crippen LogP contribution in [0.4, 0.5) is 11.5 Å². The fourth-order valence-electron chi connectivity index (χ4n) is 1.40. The van der Waals surface area contributed by atoms with Gasteiger partial charge in [0.15, 0.2) is 5.82 Å². The first-order chi connectivity index (χ1) is 9.97. The molecule has 0 saturated carbocycles. The van der Waals surface area contributed by atoms with Crippen molar-refractivity contribution in [3.8, 4) is 0 Å². The molecule has 0 spiro atoms. The second kappa shape index (κ2) is 6.71. The summed E-state index contributed by atoms with van der Waals surface area (Å²) in [5.74, 6) is 0.305. The van der Waals surface area contributed by atoms with Gasteiger partial charge in [-0.3, -0.25) is 15.5 Å². The van der Waals surface area contributed by atoms with Crippen LogP contribution in [0.25, 0.3) is 0 Å². The van der Waals surface area contributed by atoms with Crippen LogP contribution in [0.2, 0.25) is 15.1 Å². The van der Waals surface area contributed by atoms with Gasteiger partial charge in [-0.15, -0.1) is 0 Å². The van der Waals surface area contributed by atoms with E-state index in [1.165, 1.54) is 36.7 Å². The first-order valence-electron chi connectivity index (χ1n) is 5.51. The van der Waals surface area contributed by atoms with Crippen LogP contribution in [-0.4, -0.2) is 16.1 Å². The zero-order valence-electron chi connectivity index (χ0n) is 10.3. The van der Waals surface area contributed by atoms with E-state index >= 15 is 0 Å². The Morgan fingerprint density at radius 1 is 1.24 bits per heavy atom. The Bertz CT molecular complexity index is 722. The highest BCUT2D eigenvalue weighted by molar-refractivity contribution is 6.36. The molecular weight excluding hydrogens is 339 g/mol. The number of hydrogen-bond donors (Lipinski definition) is 1. The lowest BCUT2D eigenvalue weighted by atomic mass is 10.2. The van der Waals surface area contributed by atoms with Crippen LogP contribution in [0.15, 0.2) is 35.6 Å². The van der Waals surface area contributed by atoms with Crippen LogP contribution in [0.1, 0.15) is 5.56 Å². The van der Waals surface area contributed by atoms with E-state index in [1.807, 2.05) is 0 Å². The number of benzene rings is 1. The number of anilines is 1. The maximum atomic E-state index is 10.7. The third-order valence-corrected chi connectivity index (χ3v) is 3.21. The second-order valence-electron chi connectivity index (χ2n) is 3.82. The monoisotopic (exact) mass is 344 g/mol. The van der Waals surface area contributed by atoms with E-state index in [-0.39, 0.29) is 5.69 Å². The van der Waals surface area contributed by atoms with Gasteiger partial charge in [0.2, 0.25) is 0 Å². The number of non-ortho nitro benzene ring substituents is 1. The zero-order chi connectivity index (χ0) is 15.4. The van der Waals surface area contributed by atoms with E-state index in [1.54, 1.807) is 0 Å². The fourth-order valence-corrected chi connectivity index (χ4v) is 1.99. The van der Waals surface area contributed by atoms with Gasteiger partial charge in [-0.1, -0.05) is 34.8 Å². The summed E-state index contributed by atoms with van der Waals surface area (Å²) in [5, 5.41) is 15.6. The van der Waals surface area contributed by atoms with Gasteiger partial charge in [-0.2, -0.15) is 5.10 Å². The first-order valence-corrected chi connectivity index (χ1v) is 6.65. The van der Waals surface area contributed by atoms with Crippen LogP contribution < -0.4 is 5.43 Å². The molecule has 1 aromatic carbocycles. The van der Waals surface area contributed by atoms with Crippen molar-refractivity contribution in [2.75, 3.05) is 5.43 Å². The number of hydrazone groups is 1. The molecule has 0 amide bonds. The molecule has 0 aliphatic carbocycles. The summed E-state index contributed by atoms with van der Waals surface area (Å²) >= 11 is 17.6. The number of halogens is 3. The molecule has 0 saturated heterocycles. The van der Waals surface area contributed by atoms with Gasteiger partial charge >= 0.3 is 0 Å². The molecule has 2 aromatic rings. The lowest BCUT2D eigenvalue weighted by molar-refractivity contribution is -0.384. The van der Waals surface area contributed by atoms with Gasteiger partial charge in [0.1, 0.15) is 0 Å². The van der Waals surface area contributed by atoms with Gasteiger partial charge in [-0.25, -0.2) is 4.98 Å². The number of pyridine rings is 1. The van der Waals surface area contributed by atoms with Crippen molar-refractivity contribution >= 4 is 52.5 Å². The smallest absolute Gasteiger partial charge is 0.260 e. The van der Waals surface area contributed by atoms with Crippen LogP contribution in [0.5, 0.6) is 0 Å². The summed E-state index contributed by atoms with van der Waals surface area (Å²) < 4.78 is 0. The van der Waals surface area contributed by atoms with E-state index in [0.717, 1.165) is 0 Å². The SMILES string of the molecule is O=[N+]([O-])c1ccc(Cl)c(/C=N\Nc2ncc(Cl)cc2Cl)c1. The van der Waals surface area contributed by atoms with Crippen molar-refractivity contribution in [1.29, 1.82) is 0 Å². The molecule has 0 atom stereocenters. The number of nitro benzene ring substituents is 1. The Morgan fingerprint density at radius 3 is 2.67 bits per heavy atom. The highest BCUT2D eigenvalue weighted by Crippen LogP contribution is 2.23. The van der Waals surface area contributed by atoms with Crippen molar-refractivity contribution in [3.05, 3.63) is 61.2 Å². The second-order valence-corrected chi connectivity index (χ2v) is 5.07. The summed E-state index contributed by atoms with van der Waals surface area (Å²) in [4.78, 5) is 14.1. The van der Waals surface area contributed by atoms with E-state index in [0.29, 0.717) is 26.4 Å². The minimum atomic E-state index is -0.515. The van der Waals surface area contributed by atoms with E-state index in [4.69, 9.17) is 34.8 Å². The van der Waals surface area contributed by atoms with Crippen molar-refractivity contribution < 1.29 is 4.92 Å². The highest BCUT2D eigenvalue weighted by atomic mass is 35.5. The van der Waals surface area contributed by atoms with Crippen molar-refractivity contribution in [1.82, 2.24) is 4.98 Å². The zero-order valence-corrected chi connectivity index (χ0v) is 12.5. The van der Waals surface area contributed by atoms with Crippen molar-refractivity contribution in [2.24, 2.45) is 5.10 Å². The van der Waals surface area contributed by atoms with Crippen LogP contribution in [-0.2, 0) is 0 Å². The molecule has 0 radical (unpaired) electrons. The molecule has 21 heavy (non-hydrogen) atoms. The number of nitrogens with zero attached hydrogens (tertiary/aromatic N) is 3. The summed E-state index contributed by atoms with van der Waals surface area (Å²) in [6.07, 6.45) is 2.74. The molecule has 2 rings (SSSR count). The molecule has 1 heterocycles. The first kappa shape index (κ1) is 15.5. The van der Waals surface area contributed by atoms with Gasteiger partial charge in [0, 0.05) is 28.9 Å². The molecule has 108 valence electrons. The number of nitrogens with one attached hydrogen (secondary N) is 1. The standard InChI is InChI=1S/C12H7Cl3N4O2/c13-8-4-11(15)12(16-6-8)18-17-5-7-3-9(19(20)21)1-2-10(7)14/h1-6H,(H,16,18)/b17-5-. The minimum Gasteiger partial charge on any atom is -0.260 e. The molecule has 0 bridgehead atoms. The third-order valence-electron chi connectivity index (χ3n) is 2.37.